The Morgan fingerprint density at radius 1 is 1.50 bits per heavy atom. The van der Waals surface area contributed by atoms with Gasteiger partial charge in [-0.3, -0.25) is 4.79 Å². The van der Waals surface area contributed by atoms with Crippen LogP contribution in [0.2, 0.25) is 5.02 Å². The van der Waals surface area contributed by atoms with E-state index in [-0.39, 0.29) is 0 Å². The molecule has 0 saturated heterocycles. The normalized spacial score (nSPS) is 16.9. The first-order valence-corrected chi connectivity index (χ1v) is 5.99. The van der Waals surface area contributed by atoms with E-state index in [4.69, 9.17) is 11.6 Å². The maximum Gasteiger partial charge on any atom is 0.150 e. The van der Waals surface area contributed by atoms with E-state index in [2.05, 4.69) is 18.9 Å². The van der Waals surface area contributed by atoms with E-state index in [1.165, 1.54) is 12.8 Å². The molecule has 3 heteroatoms. The molecule has 0 spiro atoms. The average molecular weight is 238 g/mol. The van der Waals surface area contributed by atoms with Gasteiger partial charge in [-0.1, -0.05) is 11.6 Å². The number of hydrogen-bond acceptors (Lipinski definition) is 2. The van der Waals surface area contributed by atoms with Crippen LogP contribution in [-0.4, -0.2) is 19.4 Å². The van der Waals surface area contributed by atoms with Crippen LogP contribution in [0, 0.1) is 5.92 Å². The van der Waals surface area contributed by atoms with Crippen molar-refractivity contribution in [1.82, 2.24) is 0 Å². The summed E-state index contributed by atoms with van der Waals surface area (Å²) in [7, 11) is 2.06. The molecule has 1 saturated carbocycles. The number of carbonyl (C=O) groups is 1. The zero-order valence-corrected chi connectivity index (χ0v) is 10.4. The SMILES string of the molecule is CC(C1CC1)N(C)c1ccc(C=O)cc1Cl. The van der Waals surface area contributed by atoms with Crippen LogP contribution in [0.4, 0.5) is 5.69 Å². The third-order valence-electron chi connectivity index (χ3n) is 3.40. The van der Waals surface area contributed by atoms with E-state index < -0.39 is 0 Å². The minimum Gasteiger partial charge on any atom is -0.370 e. The van der Waals surface area contributed by atoms with Crippen LogP contribution >= 0.6 is 11.6 Å². The third kappa shape index (κ3) is 2.22. The van der Waals surface area contributed by atoms with Crippen LogP contribution in [0.15, 0.2) is 18.2 Å². The first-order valence-electron chi connectivity index (χ1n) is 5.61. The molecule has 0 heterocycles. The van der Waals surface area contributed by atoms with E-state index in [9.17, 15) is 4.79 Å². The molecular weight excluding hydrogens is 222 g/mol. The highest BCUT2D eigenvalue weighted by Crippen LogP contribution is 2.37. The van der Waals surface area contributed by atoms with Crippen molar-refractivity contribution in [3.63, 3.8) is 0 Å². The molecule has 0 bridgehead atoms. The summed E-state index contributed by atoms with van der Waals surface area (Å²) in [5.74, 6) is 0.798. The molecule has 2 nitrogen and oxygen atoms in total. The number of hydrogen-bond donors (Lipinski definition) is 0. The Hall–Kier alpha value is -1.02. The van der Waals surface area contributed by atoms with Gasteiger partial charge in [0.15, 0.2) is 0 Å². The van der Waals surface area contributed by atoms with Gasteiger partial charge >= 0.3 is 0 Å². The maximum absolute atomic E-state index is 10.6. The molecule has 16 heavy (non-hydrogen) atoms. The Morgan fingerprint density at radius 3 is 2.69 bits per heavy atom. The van der Waals surface area contributed by atoms with Gasteiger partial charge in [-0.15, -0.1) is 0 Å². The summed E-state index contributed by atoms with van der Waals surface area (Å²) in [5.41, 5.74) is 1.63. The number of halogens is 1. The lowest BCUT2D eigenvalue weighted by Crippen LogP contribution is -2.30. The van der Waals surface area contributed by atoms with Crippen LogP contribution in [0.3, 0.4) is 0 Å². The summed E-state index contributed by atoms with van der Waals surface area (Å²) < 4.78 is 0. The summed E-state index contributed by atoms with van der Waals surface area (Å²) in [6.07, 6.45) is 3.45. The number of rotatable bonds is 4. The van der Waals surface area contributed by atoms with Gasteiger partial charge in [0.1, 0.15) is 6.29 Å². The van der Waals surface area contributed by atoms with Gasteiger partial charge in [-0.05, 0) is 43.9 Å². The molecule has 0 aromatic heterocycles. The average Bonchev–Trinajstić information content (AvgIpc) is 3.10. The molecule has 1 atom stereocenters. The van der Waals surface area contributed by atoms with Crippen molar-refractivity contribution in [2.45, 2.75) is 25.8 Å². The number of carbonyl (C=O) groups excluding carboxylic acids is 1. The highest BCUT2D eigenvalue weighted by molar-refractivity contribution is 6.33. The minimum absolute atomic E-state index is 0.514. The topological polar surface area (TPSA) is 20.3 Å². The Morgan fingerprint density at radius 2 is 2.19 bits per heavy atom. The lowest BCUT2D eigenvalue weighted by molar-refractivity contribution is 0.112. The smallest absolute Gasteiger partial charge is 0.150 e. The second kappa shape index (κ2) is 4.46. The van der Waals surface area contributed by atoms with Crippen LogP contribution in [0.1, 0.15) is 30.1 Å². The van der Waals surface area contributed by atoms with Gasteiger partial charge in [0.05, 0.1) is 10.7 Å². The van der Waals surface area contributed by atoms with Gasteiger partial charge in [0.25, 0.3) is 0 Å². The summed E-state index contributed by atoms with van der Waals surface area (Å²) in [5, 5.41) is 0.652. The molecule has 1 aliphatic rings. The second-order valence-corrected chi connectivity index (χ2v) is 4.92. The van der Waals surface area contributed by atoms with Crippen LogP contribution in [-0.2, 0) is 0 Å². The first-order chi connectivity index (χ1) is 7.63. The quantitative estimate of drug-likeness (QED) is 0.749. The van der Waals surface area contributed by atoms with Crippen molar-refractivity contribution in [2.24, 2.45) is 5.92 Å². The lowest BCUT2D eigenvalue weighted by atomic mass is 10.1. The summed E-state index contributed by atoms with van der Waals surface area (Å²) in [6, 6.07) is 5.97. The van der Waals surface area contributed by atoms with Crippen molar-refractivity contribution < 1.29 is 4.79 Å². The van der Waals surface area contributed by atoms with E-state index in [0.717, 1.165) is 17.9 Å². The fourth-order valence-electron chi connectivity index (χ4n) is 2.00. The van der Waals surface area contributed by atoms with E-state index in [1.807, 2.05) is 12.1 Å². The zero-order chi connectivity index (χ0) is 11.7. The molecule has 0 radical (unpaired) electrons. The van der Waals surface area contributed by atoms with Crippen LogP contribution in [0.5, 0.6) is 0 Å². The maximum atomic E-state index is 10.6. The molecule has 1 aliphatic carbocycles. The van der Waals surface area contributed by atoms with Crippen molar-refractivity contribution in [3.8, 4) is 0 Å². The molecular formula is C13H16ClNO. The third-order valence-corrected chi connectivity index (χ3v) is 3.71. The van der Waals surface area contributed by atoms with Gasteiger partial charge < -0.3 is 4.90 Å². The number of anilines is 1. The highest BCUT2D eigenvalue weighted by Gasteiger charge is 2.31. The highest BCUT2D eigenvalue weighted by atomic mass is 35.5. The van der Waals surface area contributed by atoms with Crippen molar-refractivity contribution in [2.75, 3.05) is 11.9 Å². The molecule has 1 unspecified atom stereocenters. The molecule has 0 aliphatic heterocycles. The molecule has 86 valence electrons. The van der Waals surface area contributed by atoms with Crippen LogP contribution in [0.25, 0.3) is 0 Å². The summed E-state index contributed by atoms with van der Waals surface area (Å²) in [4.78, 5) is 12.8. The van der Waals surface area contributed by atoms with Gasteiger partial charge in [-0.2, -0.15) is 0 Å². The number of benzene rings is 1. The molecule has 0 amide bonds. The fourth-order valence-corrected chi connectivity index (χ4v) is 2.32. The molecule has 2 rings (SSSR count). The van der Waals surface area contributed by atoms with Gasteiger partial charge in [0.2, 0.25) is 0 Å². The first kappa shape index (κ1) is 11.5. The molecule has 1 fully saturated rings. The van der Waals surface area contributed by atoms with Crippen molar-refractivity contribution in [3.05, 3.63) is 28.8 Å². The Balaban J connectivity index is 2.21. The Labute approximate surface area is 101 Å². The van der Waals surface area contributed by atoms with E-state index in [1.54, 1.807) is 6.07 Å². The van der Waals surface area contributed by atoms with E-state index in [0.29, 0.717) is 16.6 Å². The van der Waals surface area contributed by atoms with Gasteiger partial charge in [0, 0.05) is 18.7 Å². The minimum atomic E-state index is 0.514. The predicted octanol–water partition coefficient (Wildman–Crippen LogP) is 3.39. The molecule has 0 N–H and O–H groups in total. The Kier molecular flexibility index (Phi) is 3.20. The Bertz CT molecular complexity index is 401. The zero-order valence-electron chi connectivity index (χ0n) is 9.61. The largest absolute Gasteiger partial charge is 0.370 e. The fraction of sp³-hybridized carbons (Fsp3) is 0.462. The predicted molar refractivity (Wildman–Crippen MR) is 67.4 cm³/mol. The summed E-state index contributed by atoms with van der Waals surface area (Å²) in [6.45, 7) is 2.22. The number of nitrogens with zero attached hydrogens (tertiary/aromatic N) is 1. The monoisotopic (exact) mass is 237 g/mol. The molecule has 1 aromatic rings. The van der Waals surface area contributed by atoms with Crippen molar-refractivity contribution >= 4 is 23.6 Å². The second-order valence-electron chi connectivity index (χ2n) is 4.52. The van der Waals surface area contributed by atoms with Crippen LogP contribution < -0.4 is 4.90 Å². The number of aldehydes is 1. The molecule has 1 aromatic carbocycles. The van der Waals surface area contributed by atoms with Gasteiger partial charge in [-0.25, -0.2) is 0 Å². The van der Waals surface area contributed by atoms with E-state index >= 15 is 0 Å². The summed E-state index contributed by atoms with van der Waals surface area (Å²) >= 11 is 6.17. The lowest BCUT2D eigenvalue weighted by Gasteiger charge is -2.28. The standard InChI is InChI=1S/C13H16ClNO/c1-9(11-4-5-11)15(2)13-6-3-10(8-16)7-12(13)14/h3,6-9,11H,4-5H2,1-2H3. The van der Waals surface area contributed by atoms with Crippen molar-refractivity contribution in [1.29, 1.82) is 0 Å².